The standard InChI is InChI=1S/C24H29N3O3S.CH4O/c1-18(13-21-14-26-24(30-4)15-25-21)31-27(16-19-5-9-22(28-2)10-6-19)17-20-7-11-23(29-3)12-8-20;1-2/h5-12,14-15,18H,13,16-17H2,1-4H3;2H,1H3. The largest absolute Gasteiger partial charge is 0.497 e. The van der Waals surface area contributed by atoms with E-state index >= 15 is 0 Å². The number of hydrogen-bond acceptors (Lipinski definition) is 8. The van der Waals surface area contributed by atoms with Gasteiger partial charge in [0.2, 0.25) is 5.88 Å². The maximum absolute atomic E-state index is 7.00. The fourth-order valence-electron chi connectivity index (χ4n) is 3.14. The molecular formula is C25H33N3O4S. The molecule has 0 aliphatic rings. The summed E-state index contributed by atoms with van der Waals surface area (Å²) in [4.78, 5) is 8.72. The average Bonchev–Trinajstić information content (AvgIpc) is 2.86. The van der Waals surface area contributed by atoms with Crippen molar-refractivity contribution in [1.82, 2.24) is 14.3 Å². The summed E-state index contributed by atoms with van der Waals surface area (Å²) in [6.07, 6.45) is 4.27. The molecule has 0 spiro atoms. The summed E-state index contributed by atoms with van der Waals surface area (Å²) in [5, 5.41) is 7.33. The summed E-state index contributed by atoms with van der Waals surface area (Å²) in [5.41, 5.74) is 3.42. The van der Waals surface area contributed by atoms with Crippen molar-refractivity contribution in [1.29, 1.82) is 0 Å². The molecule has 0 saturated heterocycles. The minimum absolute atomic E-state index is 0.333. The van der Waals surface area contributed by atoms with Gasteiger partial charge in [0.05, 0.1) is 39.4 Å². The van der Waals surface area contributed by atoms with E-state index in [1.807, 2.05) is 36.2 Å². The zero-order valence-electron chi connectivity index (χ0n) is 19.9. The first-order chi connectivity index (χ1) is 16.1. The average molecular weight is 472 g/mol. The molecule has 1 unspecified atom stereocenters. The monoisotopic (exact) mass is 471 g/mol. The van der Waals surface area contributed by atoms with Gasteiger partial charge in [-0.05, 0) is 35.4 Å². The van der Waals surface area contributed by atoms with Crippen molar-refractivity contribution in [3.05, 3.63) is 77.7 Å². The molecule has 8 heteroatoms. The summed E-state index contributed by atoms with van der Waals surface area (Å²) >= 11 is 1.83. The summed E-state index contributed by atoms with van der Waals surface area (Å²) in [5.74, 6) is 2.26. The van der Waals surface area contributed by atoms with E-state index in [4.69, 9.17) is 19.3 Å². The van der Waals surface area contributed by atoms with Gasteiger partial charge in [0.25, 0.3) is 0 Å². The zero-order valence-corrected chi connectivity index (χ0v) is 20.7. The van der Waals surface area contributed by atoms with Crippen LogP contribution < -0.4 is 14.2 Å². The van der Waals surface area contributed by atoms with Crippen LogP contribution in [0.25, 0.3) is 0 Å². The van der Waals surface area contributed by atoms with Gasteiger partial charge in [-0.3, -0.25) is 4.98 Å². The highest BCUT2D eigenvalue weighted by molar-refractivity contribution is 7.97. The summed E-state index contributed by atoms with van der Waals surface area (Å²) in [6, 6.07) is 16.5. The van der Waals surface area contributed by atoms with Crippen molar-refractivity contribution in [2.24, 2.45) is 0 Å². The number of benzene rings is 2. The second kappa shape index (κ2) is 14.4. The van der Waals surface area contributed by atoms with Crippen LogP contribution in [0.5, 0.6) is 17.4 Å². The molecule has 3 aromatic rings. The van der Waals surface area contributed by atoms with Crippen molar-refractivity contribution >= 4 is 11.9 Å². The molecule has 1 N–H and O–H groups in total. The predicted molar refractivity (Wildman–Crippen MR) is 133 cm³/mol. The number of hydrogen-bond donors (Lipinski definition) is 1. The van der Waals surface area contributed by atoms with Gasteiger partial charge >= 0.3 is 0 Å². The molecule has 1 aromatic heterocycles. The van der Waals surface area contributed by atoms with Crippen LogP contribution in [0.4, 0.5) is 0 Å². The number of methoxy groups -OCH3 is 3. The highest BCUT2D eigenvalue weighted by atomic mass is 32.2. The highest BCUT2D eigenvalue weighted by Crippen LogP contribution is 2.26. The van der Waals surface area contributed by atoms with Gasteiger partial charge in [0.1, 0.15) is 11.5 Å². The van der Waals surface area contributed by atoms with Crippen LogP contribution in [0, 0.1) is 0 Å². The van der Waals surface area contributed by atoms with Crippen molar-refractivity contribution < 1.29 is 19.3 Å². The molecule has 0 bridgehead atoms. The van der Waals surface area contributed by atoms with Gasteiger partial charge in [-0.25, -0.2) is 9.29 Å². The number of aliphatic hydroxyl groups is 1. The van der Waals surface area contributed by atoms with Gasteiger partial charge in [0.15, 0.2) is 0 Å². The van der Waals surface area contributed by atoms with E-state index in [-0.39, 0.29) is 0 Å². The molecule has 33 heavy (non-hydrogen) atoms. The Morgan fingerprint density at radius 1 is 0.788 bits per heavy atom. The Bertz CT molecular complexity index is 872. The Morgan fingerprint density at radius 2 is 1.30 bits per heavy atom. The van der Waals surface area contributed by atoms with E-state index in [9.17, 15) is 0 Å². The Balaban J connectivity index is 0.00000187. The molecule has 0 aliphatic heterocycles. The summed E-state index contributed by atoms with van der Waals surface area (Å²) < 4.78 is 18.1. The summed E-state index contributed by atoms with van der Waals surface area (Å²) in [6.45, 7) is 3.85. The first-order valence-electron chi connectivity index (χ1n) is 10.6. The Hall–Kier alpha value is -2.81. The lowest BCUT2D eigenvalue weighted by Gasteiger charge is -2.25. The Morgan fingerprint density at radius 3 is 1.70 bits per heavy atom. The van der Waals surface area contributed by atoms with Gasteiger partial charge in [0, 0.05) is 31.9 Å². The van der Waals surface area contributed by atoms with Crippen molar-refractivity contribution in [3.8, 4) is 17.4 Å². The number of rotatable bonds is 11. The van der Waals surface area contributed by atoms with E-state index in [0.29, 0.717) is 11.1 Å². The number of aliphatic hydroxyl groups excluding tert-OH is 1. The molecule has 3 rings (SSSR count). The van der Waals surface area contributed by atoms with E-state index < -0.39 is 0 Å². The van der Waals surface area contributed by atoms with Crippen molar-refractivity contribution in [2.45, 2.75) is 31.7 Å². The van der Waals surface area contributed by atoms with Crippen LogP contribution in [-0.4, -0.2) is 53.1 Å². The second-order valence-corrected chi connectivity index (χ2v) is 8.70. The number of ether oxygens (including phenoxy) is 3. The van der Waals surface area contributed by atoms with Crippen LogP contribution in [-0.2, 0) is 19.5 Å². The minimum Gasteiger partial charge on any atom is -0.497 e. The van der Waals surface area contributed by atoms with Crippen LogP contribution in [0.3, 0.4) is 0 Å². The molecule has 7 nitrogen and oxygen atoms in total. The van der Waals surface area contributed by atoms with Crippen LogP contribution >= 0.6 is 11.9 Å². The molecular weight excluding hydrogens is 438 g/mol. The lowest BCUT2D eigenvalue weighted by atomic mass is 10.2. The molecule has 0 aliphatic carbocycles. The molecule has 1 heterocycles. The van der Waals surface area contributed by atoms with Crippen molar-refractivity contribution in [2.75, 3.05) is 28.4 Å². The Kier molecular flexibility index (Phi) is 11.5. The highest BCUT2D eigenvalue weighted by Gasteiger charge is 2.15. The van der Waals surface area contributed by atoms with E-state index in [2.05, 4.69) is 45.5 Å². The number of nitrogens with zero attached hydrogens (tertiary/aromatic N) is 3. The topological polar surface area (TPSA) is 76.9 Å². The molecule has 178 valence electrons. The lowest BCUT2D eigenvalue weighted by molar-refractivity contribution is 0.395. The third-order valence-electron chi connectivity index (χ3n) is 4.75. The first-order valence-corrected chi connectivity index (χ1v) is 11.4. The van der Waals surface area contributed by atoms with E-state index in [1.54, 1.807) is 33.7 Å². The SMILES string of the molecule is CO.COc1ccc(CN(Cc2ccc(OC)cc2)SC(C)Cc2cnc(OC)cn2)cc1. The quantitative estimate of drug-likeness (QED) is 0.413. The third-order valence-corrected chi connectivity index (χ3v) is 5.84. The fraction of sp³-hybridized carbons (Fsp3) is 0.360. The number of aromatic nitrogens is 2. The fourth-order valence-corrected chi connectivity index (χ4v) is 4.34. The van der Waals surface area contributed by atoms with Crippen LogP contribution in [0.15, 0.2) is 60.9 Å². The molecule has 1 atom stereocenters. The summed E-state index contributed by atoms with van der Waals surface area (Å²) in [7, 11) is 5.97. The Labute approximate surface area is 200 Å². The van der Waals surface area contributed by atoms with Gasteiger partial charge in [-0.2, -0.15) is 0 Å². The molecule has 0 fully saturated rings. The minimum atomic E-state index is 0.333. The molecule has 2 aromatic carbocycles. The van der Waals surface area contributed by atoms with Gasteiger partial charge < -0.3 is 19.3 Å². The molecule has 0 saturated carbocycles. The van der Waals surface area contributed by atoms with Crippen LogP contribution in [0.1, 0.15) is 23.7 Å². The van der Waals surface area contributed by atoms with Crippen molar-refractivity contribution in [3.63, 3.8) is 0 Å². The van der Waals surface area contributed by atoms with Gasteiger partial charge in [-0.15, -0.1) is 0 Å². The zero-order chi connectivity index (χ0) is 24.1. The lowest BCUT2D eigenvalue weighted by Crippen LogP contribution is -2.20. The molecule has 0 radical (unpaired) electrons. The first kappa shape index (κ1) is 26.4. The maximum Gasteiger partial charge on any atom is 0.231 e. The predicted octanol–water partition coefficient (Wildman–Crippen LogP) is 4.39. The second-order valence-electron chi connectivity index (χ2n) is 7.16. The van der Waals surface area contributed by atoms with E-state index in [0.717, 1.165) is 43.8 Å². The molecule has 0 amide bonds. The van der Waals surface area contributed by atoms with Crippen LogP contribution in [0.2, 0.25) is 0 Å². The smallest absolute Gasteiger partial charge is 0.231 e. The third kappa shape index (κ3) is 8.92. The van der Waals surface area contributed by atoms with E-state index in [1.165, 1.54) is 11.1 Å². The van der Waals surface area contributed by atoms with Gasteiger partial charge in [-0.1, -0.05) is 43.1 Å². The maximum atomic E-state index is 7.00. The normalized spacial score (nSPS) is 11.4.